The van der Waals surface area contributed by atoms with E-state index in [2.05, 4.69) is 10.3 Å². The molecule has 0 bridgehead atoms. The Morgan fingerprint density at radius 3 is 2.38 bits per heavy atom. The van der Waals surface area contributed by atoms with Gasteiger partial charge >= 0.3 is 7.60 Å². The molecule has 0 unspecified atom stereocenters. The van der Waals surface area contributed by atoms with E-state index < -0.39 is 13.5 Å². The number of nitrogens with zero attached hydrogens (tertiary/aromatic N) is 1. The van der Waals surface area contributed by atoms with Crippen molar-refractivity contribution >= 4 is 35.8 Å². The summed E-state index contributed by atoms with van der Waals surface area (Å²) in [5.41, 5.74) is 1.24. The average Bonchev–Trinajstić information content (AvgIpc) is 3.33. The Morgan fingerprint density at radius 2 is 1.72 bits per heavy atom. The summed E-state index contributed by atoms with van der Waals surface area (Å²) in [4.78, 5) is 30.0. The number of nitrogens with one attached hydrogen (secondary N) is 1. The fraction of sp³-hybridized carbons (Fsp3) is 0.370. The second kappa shape index (κ2) is 14.9. The highest BCUT2D eigenvalue weighted by molar-refractivity contribution is 7.53. The largest absolute Gasteiger partial charge is 0.488 e. The number of anilines is 1. The number of thiazole rings is 1. The number of aromatic nitrogens is 1. The van der Waals surface area contributed by atoms with Crippen LogP contribution >= 0.6 is 18.9 Å². The minimum Gasteiger partial charge on any atom is -0.488 e. The number of carbonyl (C=O) groups excluding carboxylic acids is 2. The molecular weight excluding hydrogens is 543 g/mol. The van der Waals surface area contributed by atoms with Gasteiger partial charge in [-0.1, -0.05) is 30.3 Å². The lowest BCUT2D eigenvalue weighted by molar-refractivity contribution is 0.0901. The maximum absolute atomic E-state index is 13.1. The summed E-state index contributed by atoms with van der Waals surface area (Å²) < 4.78 is 40.2. The van der Waals surface area contributed by atoms with E-state index in [4.69, 9.17) is 23.3 Å². The molecule has 2 aromatic carbocycles. The third-order valence-corrected chi connectivity index (χ3v) is 7.95. The predicted molar refractivity (Wildman–Crippen MR) is 149 cm³/mol. The molecule has 1 atom stereocenters. The molecule has 3 rings (SSSR count). The standard InChI is InChI=1S/C27H33N2O8PS/c1-5-35-38(32,36-6-2)17-22-18-39-27(28-22)29-26(31)21-12-23(14-24(13-21)37-19(3)15-33-4)34-16-25(30)20-10-8-7-9-11-20/h7-14,18-19H,5-6,15-17H2,1-4H3,(H,28,29,31)/t19-/m0/s1. The van der Waals surface area contributed by atoms with Gasteiger partial charge in [0.1, 0.15) is 17.6 Å². The van der Waals surface area contributed by atoms with Crippen LogP contribution < -0.4 is 14.8 Å². The van der Waals surface area contributed by atoms with Crippen LogP contribution in [0.25, 0.3) is 0 Å². The first-order chi connectivity index (χ1) is 18.7. The number of amides is 1. The van der Waals surface area contributed by atoms with E-state index in [1.807, 2.05) is 13.0 Å². The molecule has 1 amide bonds. The van der Waals surface area contributed by atoms with Crippen molar-refractivity contribution < 1.29 is 37.4 Å². The first-order valence-electron chi connectivity index (χ1n) is 12.4. The third kappa shape index (κ3) is 9.56. The second-order valence-electron chi connectivity index (χ2n) is 8.36. The van der Waals surface area contributed by atoms with Crippen molar-refractivity contribution in [1.82, 2.24) is 4.98 Å². The molecule has 12 heteroatoms. The van der Waals surface area contributed by atoms with Gasteiger partial charge in [-0.2, -0.15) is 0 Å². The molecular formula is C27H33N2O8PS. The van der Waals surface area contributed by atoms with Gasteiger partial charge in [0, 0.05) is 29.7 Å². The SMILES string of the molecule is CCOP(=O)(Cc1csc(NC(=O)c2cc(OCC(=O)c3ccccc3)cc(O[C@@H](C)COC)c2)n1)OCC. The lowest BCUT2D eigenvalue weighted by Crippen LogP contribution is -2.19. The number of ether oxygens (including phenoxy) is 3. The Labute approximate surface area is 232 Å². The molecule has 1 N–H and O–H groups in total. The first-order valence-corrected chi connectivity index (χ1v) is 15.0. The summed E-state index contributed by atoms with van der Waals surface area (Å²) in [5, 5.41) is 4.75. The Hall–Kier alpha value is -3.08. The number of carbonyl (C=O) groups is 2. The predicted octanol–water partition coefficient (Wildman–Crippen LogP) is 5.84. The topological polar surface area (TPSA) is 122 Å². The van der Waals surface area contributed by atoms with E-state index in [0.29, 0.717) is 34.5 Å². The van der Waals surface area contributed by atoms with Crippen molar-refractivity contribution in [2.75, 3.05) is 38.9 Å². The molecule has 0 aliphatic heterocycles. The molecule has 0 saturated heterocycles. The van der Waals surface area contributed by atoms with Crippen molar-refractivity contribution in [3.05, 3.63) is 70.7 Å². The molecule has 1 heterocycles. The number of hydrogen-bond acceptors (Lipinski definition) is 10. The monoisotopic (exact) mass is 576 g/mol. The number of benzene rings is 2. The van der Waals surface area contributed by atoms with Crippen LogP contribution in [0.3, 0.4) is 0 Å². The van der Waals surface area contributed by atoms with Gasteiger partial charge in [0.05, 0.1) is 31.7 Å². The van der Waals surface area contributed by atoms with E-state index in [9.17, 15) is 14.2 Å². The van der Waals surface area contributed by atoms with Crippen LogP contribution in [0.2, 0.25) is 0 Å². The molecule has 39 heavy (non-hydrogen) atoms. The van der Waals surface area contributed by atoms with Gasteiger partial charge < -0.3 is 23.3 Å². The van der Waals surface area contributed by atoms with Crippen molar-refractivity contribution in [2.45, 2.75) is 33.0 Å². The number of Topliss-reactive ketones (excluding diaryl/α,β-unsaturated/α-hetero) is 1. The smallest absolute Gasteiger partial charge is 0.336 e. The molecule has 0 saturated carbocycles. The summed E-state index contributed by atoms with van der Waals surface area (Å²) in [7, 11) is -1.76. The van der Waals surface area contributed by atoms with E-state index in [0.717, 1.165) is 0 Å². The zero-order chi connectivity index (χ0) is 28.3. The van der Waals surface area contributed by atoms with Crippen LogP contribution in [0.5, 0.6) is 11.5 Å². The molecule has 0 fully saturated rings. The zero-order valence-electron chi connectivity index (χ0n) is 22.4. The first kappa shape index (κ1) is 30.5. The Bertz CT molecular complexity index is 1270. The zero-order valence-corrected chi connectivity index (χ0v) is 24.1. The van der Waals surface area contributed by atoms with Crippen LogP contribution in [0, 0.1) is 0 Å². The highest BCUT2D eigenvalue weighted by Crippen LogP contribution is 2.51. The number of methoxy groups -OCH3 is 1. The maximum Gasteiger partial charge on any atom is 0.336 e. The van der Waals surface area contributed by atoms with Gasteiger partial charge in [-0.05, 0) is 32.9 Å². The van der Waals surface area contributed by atoms with Gasteiger partial charge in [-0.25, -0.2) is 4.98 Å². The van der Waals surface area contributed by atoms with Gasteiger partial charge in [-0.15, -0.1) is 11.3 Å². The number of hydrogen-bond donors (Lipinski definition) is 1. The molecule has 0 aliphatic carbocycles. The molecule has 1 aromatic heterocycles. The molecule has 0 spiro atoms. The summed E-state index contributed by atoms with van der Waals surface area (Å²) in [6.07, 6.45) is -0.296. The van der Waals surface area contributed by atoms with E-state index in [1.54, 1.807) is 62.7 Å². The van der Waals surface area contributed by atoms with E-state index >= 15 is 0 Å². The summed E-state index contributed by atoms with van der Waals surface area (Å²) in [6.45, 7) is 5.92. The summed E-state index contributed by atoms with van der Waals surface area (Å²) >= 11 is 1.19. The average molecular weight is 577 g/mol. The summed E-state index contributed by atoms with van der Waals surface area (Å²) in [6, 6.07) is 13.5. The van der Waals surface area contributed by atoms with Crippen LogP contribution in [0.1, 0.15) is 47.2 Å². The number of ketones is 1. The Morgan fingerprint density at radius 1 is 1.03 bits per heavy atom. The van der Waals surface area contributed by atoms with Gasteiger partial charge in [0.25, 0.3) is 5.91 Å². The van der Waals surface area contributed by atoms with Gasteiger partial charge in [0.15, 0.2) is 17.5 Å². The Kier molecular flexibility index (Phi) is 11.6. The van der Waals surface area contributed by atoms with Crippen LogP contribution in [0.15, 0.2) is 53.9 Å². The van der Waals surface area contributed by atoms with Crippen molar-refractivity contribution in [3.63, 3.8) is 0 Å². The van der Waals surface area contributed by atoms with Crippen LogP contribution in [-0.2, 0) is 24.5 Å². The normalized spacial score (nSPS) is 12.1. The molecule has 3 aromatic rings. The highest BCUT2D eigenvalue weighted by atomic mass is 32.1. The highest BCUT2D eigenvalue weighted by Gasteiger charge is 2.26. The van der Waals surface area contributed by atoms with Crippen molar-refractivity contribution in [1.29, 1.82) is 0 Å². The second-order valence-corrected chi connectivity index (χ2v) is 11.3. The third-order valence-electron chi connectivity index (χ3n) is 5.13. The van der Waals surface area contributed by atoms with Crippen molar-refractivity contribution in [3.8, 4) is 11.5 Å². The minimum absolute atomic E-state index is 0.00477. The van der Waals surface area contributed by atoms with Gasteiger partial charge in [0.2, 0.25) is 0 Å². The van der Waals surface area contributed by atoms with Crippen LogP contribution in [-0.4, -0.2) is 56.3 Å². The lowest BCUT2D eigenvalue weighted by atomic mass is 10.1. The fourth-order valence-corrected chi connectivity index (χ4v) is 5.97. The number of rotatable bonds is 16. The molecule has 0 aliphatic rings. The fourth-order valence-electron chi connectivity index (χ4n) is 3.54. The van der Waals surface area contributed by atoms with E-state index in [1.165, 1.54) is 17.4 Å². The minimum atomic E-state index is -3.33. The van der Waals surface area contributed by atoms with Crippen LogP contribution in [0.4, 0.5) is 5.13 Å². The maximum atomic E-state index is 13.1. The van der Waals surface area contributed by atoms with Crippen molar-refractivity contribution in [2.24, 2.45) is 0 Å². The summed E-state index contributed by atoms with van der Waals surface area (Å²) in [5.74, 6) is 0.00876. The van der Waals surface area contributed by atoms with Gasteiger partial charge in [-0.3, -0.25) is 19.5 Å². The molecule has 210 valence electrons. The molecule has 10 nitrogen and oxygen atoms in total. The lowest BCUT2D eigenvalue weighted by Gasteiger charge is -2.16. The Balaban J connectivity index is 1.76. The van der Waals surface area contributed by atoms with E-state index in [-0.39, 0.29) is 43.4 Å². The molecule has 0 radical (unpaired) electrons. The quantitative estimate of drug-likeness (QED) is 0.166.